The molecular formula is C17H13ClFN3O2. The number of hydrogen-bond acceptors (Lipinski definition) is 4. The number of nitrogens with zero attached hydrogens (tertiary/aromatic N) is 2. The number of nitrogens with one attached hydrogen (secondary N) is 1. The third-order valence-corrected chi connectivity index (χ3v) is 3.90. The van der Waals surface area contributed by atoms with Crippen molar-refractivity contribution in [2.24, 2.45) is 4.99 Å². The van der Waals surface area contributed by atoms with Crippen molar-refractivity contribution >= 4 is 23.0 Å². The second-order valence-electron chi connectivity index (χ2n) is 5.32. The quantitative estimate of drug-likeness (QED) is 0.653. The van der Waals surface area contributed by atoms with Crippen LogP contribution in [-0.2, 0) is 0 Å². The van der Waals surface area contributed by atoms with Crippen molar-refractivity contribution in [2.45, 2.75) is 13.0 Å². The van der Waals surface area contributed by atoms with Gasteiger partial charge in [-0.3, -0.25) is 15.1 Å². The lowest BCUT2D eigenvalue weighted by Crippen LogP contribution is -2.13. The molecule has 0 saturated carbocycles. The van der Waals surface area contributed by atoms with Crippen molar-refractivity contribution in [2.75, 3.05) is 5.32 Å². The third-order valence-electron chi connectivity index (χ3n) is 3.66. The van der Waals surface area contributed by atoms with Gasteiger partial charge in [-0.1, -0.05) is 23.7 Å². The van der Waals surface area contributed by atoms with Gasteiger partial charge in [-0.15, -0.1) is 0 Å². The highest BCUT2D eigenvalue weighted by Crippen LogP contribution is 2.30. The molecule has 1 atom stereocenters. The van der Waals surface area contributed by atoms with Gasteiger partial charge in [0.25, 0.3) is 6.20 Å². The summed E-state index contributed by atoms with van der Waals surface area (Å²) in [5.74, 6) is -0.420. The number of nitro groups is 1. The molecule has 0 fully saturated rings. The van der Waals surface area contributed by atoms with Gasteiger partial charge in [-0.2, -0.15) is 0 Å². The molecule has 5 nitrogen and oxygen atoms in total. The lowest BCUT2D eigenvalue weighted by molar-refractivity contribution is -0.403. The molecule has 0 aliphatic carbocycles. The van der Waals surface area contributed by atoms with Gasteiger partial charge >= 0.3 is 0 Å². The van der Waals surface area contributed by atoms with Crippen molar-refractivity contribution < 1.29 is 9.31 Å². The molecule has 1 N–H and O–H groups in total. The molecule has 0 amide bonds. The monoisotopic (exact) mass is 345 g/mol. The van der Waals surface area contributed by atoms with Gasteiger partial charge in [0.2, 0.25) is 0 Å². The van der Waals surface area contributed by atoms with Crippen LogP contribution in [0, 0.1) is 15.9 Å². The molecule has 1 heterocycles. The summed E-state index contributed by atoms with van der Waals surface area (Å²) in [4.78, 5) is 14.8. The molecule has 1 aliphatic heterocycles. The van der Waals surface area contributed by atoms with Crippen LogP contribution in [0.5, 0.6) is 0 Å². The van der Waals surface area contributed by atoms with E-state index in [1.807, 2.05) is 0 Å². The van der Waals surface area contributed by atoms with Crippen molar-refractivity contribution in [3.63, 3.8) is 0 Å². The standard InChI is InChI=1S/C17H13ClFN3O2/c1-10-16(9-22(23)24)21-15-7-6-11(18)8-13(15)17(20-10)12-4-2-3-5-14(12)19/h2-10,21H,1H3/b16-9-. The van der Waals surface area contributed by atoms with Crippen LogP contribution >= 0.6 is 11.6 Å². The van der Waals surface area contributed by atoms with Crippen LogP contribution < -0.4 is 5.32 Å². The van der Waals surface area contributed by atoms with Gasteiger partial charge in [0.15, 0.2) is 0 Å². The number of benzene rings is 2. The molecule has 0 spiro atoms. The number of aliphatic imine (C=N–C) groups is 1. The zero-order valence-corrected chi connectivity index (χ0v) is 13.4. The smallest absolute Gasteiger partial charge is 0.255 e. The summed E-state index contributed by atoms with van der Waals surface area (Å²) >= 11 is 6.08. The van der Waals surface area contributed by atoms with E-state index in [2.05, 4.69) is 10.3 Å². The molecule has 1 unspecified atom stereocenters. The average molecular weight is 346 g/mol. The van der Waals surface area contributed by atoms with Crippen molar-refractivity contribution in [1.82, 2.24) is 0 Å². The van der Waals surface area contributed by atoms with Gasteiger partial charge in [-0.25, -0.2) is 4.39 Å². The second kappa shape index (κ2) is 6.41. The molecule has 0 bridgehead atoms. The highest BCUT2D eigenvalue weighted by Gasteiger charge is 2.24. The zero-order chi connectivity index (χ0) is 17.3. The predicted octanol–water partition coefficient (Wildman–Crippen LogP) is 4.25. The van der Waals surface area contributed by atoms with Gasteiger partial charge in [0, 0.05) is 21.8 Å². The zero-order valence-electron chi connectivity index (χ0n) is 12.7. The maximum Gasteiger partial charge on any atom is 0.255 e. The first-order chi connectivity index (χ1) is 11.5. The topological polar surface area (TPSA) is 67.5 Å². The predicted molar refractivity (Wildman–Crippen MR) is 91.7 cm³/mol. The molecule has 3 rings (SSSR count). The third kappa shape index (κ3) is 3.14. The number of halogens is 2. The van der Waals surface area contributed by atoms with E-state index in [9.17, 15) is 14.5 Å². The highest BCUT2D eigenvalue weighted by molar-refractivity contribution is 6.31. The minimum absolute atomic E-state index is 0.315. The maximum atomic E-state index is 14.3. The summed E-state index contributed by atoms with van der Waals surface area (Å²) < 4.78 is 14.3. The van der Waals surface area contributed by atoms with Crippen LogP contribution in [0.3, 0.4) is 0 Å². The summed E-state index contributed by atoms with van der Waals surface area (Å²) in [5.41, 5.74) is 2.20. The van der Waals surface area contributed by atoms with Crippen LogP contribution in [0.25, 0.3) is 0 Å². The number of benzodiazepines with no additional fused rings is 1. The Hall–Kier alpha value is -2.73. The minimum atomic E-state index is -0.545. The van der Waals surface area contributed by atoms with Crippen molar-refractivity contribution in [3.05, 3.63) is 86.4 Å². The van der Waals surface area contributed by atoms with Gasteiger partial charge in [-0.05, 0) is 37.3 Å². The molecule has 0 aromatic heterocycles. The first-order valence-corrected chi connectivity index (χ1v) is 7.58. The van der Waals surface area contributed by atoms with Crippen molar-refractivity contribution in [1.29, 1.82) is 0 Å². The SMILES string of the molecule is CC1N=C(c2ccccc2F)c2cc(Cl)ccc2N/C1=C\[N+](=O)[O-]. The Bertz CT molecular complexity index is 880. The molecule has 7 heteroatoms. The highest BCUT2D eigenvalue weighted by atomic mass is 35.5. The Balaban J connectivity index is 2.25. The van der Waals surface area contributed by atoms with Gasteiger partial charge in [0.05, 0.1) is 16.7 Å². The van der Waals surface area contributed by atoms with E-state index in [1.54, 1.807) is 43.3 Å². The van der Waals surface area contributed by atoms with Crippen molar-refractivity contribution in [3.8, 4) is 0 Å². The Kier molecular flexibility index (Phi) is 4.31. The van der Waals surface area contributed by atoms with Crippen LogP contribution in [0.2, 0.25) is 5.02 Å². The minimum Gasteiger partial charge on any atom is -0.352 e. The Morgan fingerprint density at radius 3 is 2.75 bits per heavy atom. The summed E-state index contributed by atoms with van der Waals surface area (Å²) in [6, 6.07) is 10.7. The van der Waals surface area contributed by atoms with E-state index in [0.717, 1.165) is 6.20 Å². The van der Waals surface area contributed by atoms with Crippen LogP contribution in [-0.4, -0.2) is 16.7 Å². The number of hydrogen-bond donors (Lipinski definition) is 1. The van der Waals surface area contributed by atoms with Gasteiger partial charge in [0.1, 0.15) is 11.5 Å². The Morgan fingerprint density at radius 2 is 2.04 bits per heavy atom. The van der Waals surface area contributed by atoms with E-state index >= 15 is 0 Å². The van der Waals surface area contributed by atoms with E-state index in [1.165, 1.54) is 6.07 Å². The molecule has 24 heavy (non-hydrogen) atoms. The fraction of sp³-hybridized carbons (Fsp3) is 0.118. The van der Waals surface area contributed by atoms with E-state index < -0.39 is 16.8 Å². The van der Waals surface area contributed by atoms with Crippen LogP contribution in [0.4, 0.5) is 10.1 Å². The Labute approximate surface area is 142 Å². The lowest BCUT2D eigenvalue weighted by Gasteiger charge is -2.11. The largest absolute Gasteiger partial charge is 0.352 e. The number of anilines is 1. The van der Waals surface area contributed by atoms with Crippen LogP contribution in [0.15, 0.2) is 59.4 Å². The lowest BCUT2D eigenvalue weighted by atomic mass is 10.00. The summed E-state index contributed by atoms with van der Waals surface area (Å²) in [6.45, 7) is 1.71. The molecular weight excluding hydrogens is 333 g/mol. The molecule has 2 aromatic rings. The normalized spacial score (nSPS) is 18.4. The summed E-state index contributed by atoms with van der Waals surface area (Å²) in [5, 5.41) is 14.3. The molecule has 1 aliphatic rings. The average Bonchev–Trinajstić information content (AvgIpc) is 2.65. The molecule has 0 saturated heterocycles. The summed E-state index contributed by atoms with van der Waals surface area (Å²) in [7, 11) is 0. The maximum absolute atomic E-state index is 14.3. The summed E-state index contributed by atoms with van der Waals surface area (Å²) in [6.07, 6.45) is 0.872. The first-order valence-electron chi connectivity index (χ1n) is 7.20. The second-order valence-corrected chi connectivity index (χ2v) is 5.75. The Morgan fingerprint density at radius 1 is 1.29 bits per heavy atom. The fourth-order valence-corrected chi connectivity index (χ4v) is 2.71. The first kappa shape index (κ1) is 16.1. The number of rotatable bonds is 2. The molecule has 0 radical (unpaired) electrons. The van der Waals surface area contributed by atoms with Crippen LogP contribution in [0.1, 0.15) is 18.1 Å². The van der Waals surface area contributed by atoms with E-state index in [4.69, 9.17) is 11.6 Å². The van der Waals surface area contributed by atoms with E-state index in [-0.39, 0.29) is 0 Å². The molecule has 2 aromatic carbocycles. The fourth-order valence-electron chi connectivity index (χ4n) is 2.54. The van der Waals surface area contributed by atoms with Gasteiger partial charge < -0.3 is 5.32 Å². The number of fused-ring (bicyclic) bond motifs is 1. The molecule has 122 valence electrons. The van der Waals surface area contributed by atoms with E-state index in [0.29, 0.717) is 33.2 Å².